The Morgan fingerprint density at radius 3 is 1.28 bits per heavy atom. The Balaban J connectivity index is 2.21. The van der Waals surface area contributed by atoms with Crippen LogP contribution in [0.2, 0.25) is 0 Å². The quantitative estimate of drug-likeness (QED) is 0.0264. The molecule has 0 amide bonds. The highest BCUT2D eigenvalue weighted by Gasteiger charge is 2.16. The summed E-state index contributed by atoms with van der Waals surface area (Å²) in [4.78, 5) is 26.6. The number of nitrogens with zero attached hydrogens (tertiary/aromatic N) is 3. The highest BCUT2D eigenvalue weighted by molar-refractivity contribution is 5.69. The first-order valence-electron chi connectivity index (χ1n) is 26.8. The van der Waals surface area contributed by atoms with Crippen molar-refractivity contribution in [1.29, 1.82) is 0 Å². The van der Waals surface area contributed by atoms with E-state index in [9.17, 15) is 4.79 Å². The Kier molecular flexibility index (Phi) is 42.7. The van der Waals surface area contributed by atoms with Crippen molar-refractivity contribution in [3.05, 3.63) is 0 Å². The minimum atomic E-state index is 0.0213. The van der Waals surface area contributed by atoms with Gasteiger partial charge >= 0.3 is 5.97 Å². The second-order valence-corrected chi connectivity index (χ2v) is 18.7. The van der Waals surface area contributed by atoms with Crippen LogP contribution < -0.4 is 0 Å². The Bertz CT molecular complexity index is 863. The van der Waals surface area contributed by atoms with Crippen LogP contribution in [0.1, 0.15) is 272 Å². The van der Waals surface area contributed by atoms with E-state index in [1.54, 1.807) is 0 Å². The van der Waals surface area contributed by atoms with E-state index in [4.69, 9.17) is 14.4 Å². The lowest BCUT2D eigenvalue weighted by Crippen LogP contribution is -2.23. The van der Waals surface area contributed by atoms with Crippen LogP contribution in [0.5, 0.6) is 0 Å². The lowest BCUT2D eigenvalue weighted by molar-refractivity contribution is -0.150. The number of rotatable bonds is 47. The van der Waals surface area contributed by atoms with E-state index in [1.807, 2.05) is 12.4 Å². The van der Waals surface area contributed by atoms with Crippen LogP contribution in [0, 0.1) is 11.8 Å². The summed E-state index contributed by atoms with van der Waals surface area (Å²) >= 11 is 0. The molecule has 0 aromatic carbocycles. The first kappa shape index (κ1) is 56.4. The van der Waals surface area contributed by atoms with Crippen LogP contribution in [-0.2, 0) is 19.2 Å². The average Bonchev–Trinajstić information content (AvgIpc) is 3.77. The summed E-state index contributed by atoms with van der Waals surface area (Å²) < 4.78 is 6.12. The standard InChI is InChI=1S/C53H103N3O4/c1-5-9-23-34-50(35-24-10-6-2)41-48-58-54-43-29-21-17-13-15-19-27-38-52(60-53(57)40-33-47-56-45-31-32-46-56)39-28-20-16-14-18-22-30-44-55-59-49-42-51(36-25-11-7-3)37-26-12-8-4/h43-44,50-52H,5-42,45-49H2,1-4H3. The van der Waals surface area contributed by atoms with Gasteiger partial charge < -0.3 is 19.3 Å². The molecule has 0 spiro atoms. The van der Waals surface area contributed by atoms with Gasteiger partial charge in [0, 0.05) is 18.9 Å². The topological polar surface area (TPSA) is 72.7 Å². The third-order valence-corrected chi connectivity index (χ3v) is 13.0. The predicted octanol–water partition coefficient (Wildman–Crippen LogP) is 16.4. The SMILES string of the molecule is CCCCCC(CCCCC)CCON=CCCCCCCCCC(CCCCCCCCC=NOCCC(CCCCC)CCCCC)OC(=O)CCCN1CCCC1. The first-order valence-corrected chi connectivity index (χ1v) is 26.8. The molecule has 60 heavy (non-hydrogen) atoms. The molecule has 1 saturated heterocycles. The summed E-state index contributed by atoms with van der Waals surface area (Å²) in [7, 11) is 0. The summed E-state index contributed by atoms with van der Waals surface area (Å²) in [5, 5.41) is 8.54. The van der Waals surface area contributed by atoms with Gasteiger partial charge in [0.2, 0.25) is 0 Å². The summed E-state index contributed by atoms with van der Waals surface area (Å²) in [5.74, 6) is 1.63. The second kappa shape index (κ2) is 45.4. The van der Waals surface area contributed by atoms with Crippen molar-refractivity contribution in [3.63, 3.8) is 0 Å². The van der Waals surface area contributed by atoms with E-state index in [0.29, 0.717) is 6.42 Å². The predicted molar refractivity (Wildman–Crippen MR) is 260 cm³/mol. The lowest BCUT2D eigenvalue weighted by atomic mass is 9.92. The number of unbranched alkanes of at least 4 members (excludes halogenated alkanes) is 20. The van der Waals surface area contributed by atoms with Crippen LogP contribution in [0.15, 0.2) is 10.3 Å². The second-order valence-electron chi connectivity index (χ2n) is 18.7. The molecular weight excluding hydrogens is 743 g/mol. The number of ether oxygens (including phenoxy) is 1. The first-order chi connectivity index (χ1) is 29.6. The van der Waals surface area contributed by atoms with Crippen molar-refractivity contribution in [3.8, 4) is 0 Å². The maximum Gasteiger partial charge on any atom is 0.306 e. The molecule has 0 atom stereocenters. The normalized spacial score (nSPS) is 14.1. The summed E-state index contributed by atoms with van der Waals surface area (Å²) in [6.45, 7) is 14.1. The van der Waals surface area contributed by atoms with Gasteiger partial charge in [-0.2, -0.15) is 0 Å². The monoisotopic (exact) mass is 846 g/mol. The zero-order valence-corrected chi connectivity index (χ0v) is 40.8. The molecule has 1 heterocycles. The fourth-order valence-corrected chi connectivity index (χ4v) is 8.94. The van der Waals surface area contributed by atoms with Crippen molar-refractivity contribution < 1.29 is 19.2 Å². The molecule has 1 aliphatic rings. The Labute approximate surface area is 374 Å². The molecule has 0 saturated carbocycles. The zero-order chi connectivity index (χ0) is 43.2. The van der Waals surface area contributed by atoms with E-state index in [1.165, 1.54) is 193 Å². The average molecular weight is 846 g/mol. The molecule has 1 rings (SSSR count). The van der Waals surface area contributed by atoms with E-state index in [-0.39, 0.29) is 12.1 Å². The Morgan fingerprint density at radius 2 is 0.867 bits per heavy atom. The molecule has 0 aliphatic carbocycles. The Morgan fingerprint density at radius 1 is 0.483 bits per heavy atom. The van der Waals surface area contributed by atoms with Crippen LogP contribution in [0.25, 0.3) is 0 Å². The van der Waals surface area contributed by atoms with Gasteiger partial charge in [0.05, 0.1) is 0 Å². The van der Waals surface area contributed by atoms with Gasteiger partial charge in [0.1, 0.15) is 19.3 Å². The van der Waals surface area contributed by atoms with Crippen molar-refractivity contribution in [2.45, 2.75) is 278 Å². The number of carbonyl (C=O) groups excluding carboxylic acids is 1. The number of hydrogen-bond acceptors (Lipinski definition) is 7. The van der Waals surface area contributed by atoms with Gasteiger partial charge in [0.15, 0.2) is 0 Å². The van der Waals surface area contributed by atoms with E-state index < -0.39 is 0 Å². The summed E-state index contributed by atoms with van der Waals surface area (Å²) in [5.41, 5.74) is 0. The van der Waals surface area contributed by atoms with Crippen LogP contribution >= 0.6 is 0 Å². The van der Waals surface area contributed by atoms with E-state index in [2.05, 4.69) is 42.9 Å². The molecule has 0 bridgehead atoms. The maximum absolute atomic E-state index is 12.8. The van der Waals surface area contributed by atoms with E-state index in [0.717, 1.165) is 89.4 Å². The molecule has 0 N–H and O–H groups in total. The molecule has 7 nitrogen and oxygen atoms in total. The van der Waals surface area contributed by atoms with Crippen LogP contribution in [0.3, 0.4) is 0 Å². The molecule has 0 aromatic heterocycles. The zero-order valence-electron chi connectivity index (χ0n) is 40.8. The molecule has 0 aromatic rings. The smallest absolute Gasteiger partial charge is 0.306 e. The fraction of sp³-hybridized carbons (Fsp3) is 0.943. The van der Waals surface area contributed by atoms with Crippen molar-refractivity contribution in [1.82, 2.24) is 4.90 Å². The molecule has 7 heteroatoms. The summed E-state index contributed by atoms with van der Waals surface area (Å²) in [6, 6.07) is 0. The summed E-state index contributed by atoms with van der Waals surface area (Å²) in [6.07, 6.45) is 50.6. The largest absolute Gasteiger partial charge is 0.462 e. The van der Waals surface area contributed by atoms with Crippen LogP contribution in [-0.4, -0.2) is 62.3 Å². The van der Waals surface area contributed by atoms with Gasteiger partial charge in [0.25, 0.3) is 0 Å². The van der Waals surface area contributed by atoms with Gasteiger partial charge in [-0.3, -0.25) is 4.79 Å². The number of esters is 1. The van der Waals surface area contributed by atoms with Crippen molar-refractivity contribution in [2.75, 3.05) is 32.8 Å². The molecular formula is C53H103N3O4. The molecule has 0 unspecified atom stereocenters. The molecule has 354 valence electrons. The van der Waals surface area contributed by atoms with Crippen LogP contribution in [0.4, 0.5) is 0 Å². The van der Waals surface area contributed by atoms with Crippen molar-refractivity contribution >= 4 is 18.4 Å². The third-order valence-electron chi connectivity index (χ3n) is 13.0. The van der Waals surface area contributed by atoms with Gasteiger partial charge in [-0.05, 0) is 115 Å². The third kappa shape index (κ3) is 38.1. The number of likely N-dealkylation sites (tertiary alicyclic amines) is 1. The maximum atomic E-state index is 12.8. The van der Waals surface area contributed by atoms with E-state index >= 15 is 0 Å². The molecule has 0 radical (unpaired) electrons. The molecule has 1 aliphatic heterocycles. The van der Waals surface area contributed by atoms with Gasteiger partial charge in [-0.15, -0.1) is 0 Å². The van der Waals surface area contributed by atoms with Gasteiger partial charge in [-0.25, -0.2) is 0 Å². The number of carbonyl (C=O) groups is 1. The number of hydrogen-bond donors (Lipinski definition) is 0. The minimum absolute atomic E-state index is 0.0213. The number of oxime groups is 2. The Hall–Kier alpha value is -1.63. The minimum Gasteiger partial charge on any atom is -0.462 e. The fourth-order valence-electron chi connectivity index (χ4n) is 8.94. The highest BCUT2D eigenvalue weighted by Crippen LogP contribution is 2.23. The van der Waals surface area contributed by atoms with Gasteiger partial charge in [-0.1, -0.05) is 192 Å². The molecule has 1 fully saturated rings. The van der Waals surface area contributed by atoms with Crippen molar-refractivity contribution in [2.24, 2.45) is 22.1 Å². The lowest BCUT2D eigenvalue weighted by Gasteiger charge is -2.19. The highest BCUT2D eigenvalue weighted by atomic mass is 16.6.